The lowest BCUT2D eigenvalue weighted by molar-refractivity contribution is -0.139. The van der Waals surface area contributed by atoms with Crippen LogP contribution in [-0.4, -0.2) is 16.1 Å². The Labute approximate surface area is 89.2 Å². The zero-order valence-corrected chi connectivity index (χ0v) is 8.86. The second kappa shape index (κ2) is 4.01. The Hall–Kier alpha value is -1.38. The van der Waals surface area contributed by atoms with Gasteiger partial charge in [0.15, 0.2) is 0 Å². The van der Waals surface area contributed by atoms with E-state index >= 15 is 0 Å². The Balaban J connectivity index is 2.40. The number of carbonyl (C=O) groups is 1. The van der Waals surface area contributed by atoms with Crippen molar-refractivity contribution in [1.82, 2.24) is 4.98 Å². The lowest BCUT2D eigenvalue weighted by atomic mass is 9.85. The van der Waals surface area contributed by atoms with Gasteiger partial charge in [0.05, 0.1) is 5.92 Å². The van der Waals surface area contributed by atoms with E-state index in [0.29, 0.717) is 0 Å². The smallest absolute Gasteiger partial charge is 0.311 e. The van der Waals surface area contributed by atoms with Gasteiger partial charge in [-0.2, -0.15) is 0 Å². The molecule has 0 spiro atoms. The SMILES string of the molecule is CCc1ccc2c(n1)CCCC2C(=O)O. The summed E-state index contributed by atoms with van der Waals surface area (Å²) >= 11 is 0. The van der Waals surface area contributed by atoms with Gasteiger partial charge in [-0.25, -0.2) is 0 Å². The Morgan fingerprint density at radius 1 is 1.60 bits per heavy atom. The van der Waals surface area contributed by atoms with E-state index in [9.17, 15) is 4.79 Å². The molecule has 3 heteroatoms. The standard InChI is InChI=1S/C12H15NO2/c1-2-8-6-7-9-10(12(14)15)4-3-5-11(9)13-8/h6-7,10H,2-5H2,1H3,(H,14,15). The normalized spacial score (nSPS) is 19.7. The van der Waals surface area contributed by atoms with Crippen LogP contribution in [-0.2, 0) is 17.6 Å². The van der Waals surface area contributed by atoms with Crippen LogP contribution in [0.1, 0.15) is 42.6 Å². The van der Waals surface area contributed by atoms with Crippen molar-refractivity contribution in [3.63, 3.8) is 0 Å². The first-order valence-corrected chi connectivity index (χ1v) is 5.44. The predicted molar refractivity (Wildman–Crippen MR) is 56.9 cm³/mol. The maximum Gasteiger partial charge on any atom is 0.311 e. The molecule has 80 valence electrons. The molecule has 0 amide bonds. The summed E-state index contributed by atoms with van der Waals surface area (Å²) in [4.78, 5) is 15.5. The maximum atomic E-state index is 11.0. The van der Waals surface area contributed by atoms with Crippen LogP contribution in [0.25, 0.3) is 0 Å². The topological polar surface area (TPSA) is 50.2 Å². The van der Waals surface area contributed by atoms with Crippen molar-refractivity contribution in [1.29, 1.82) is 0 Å². The van der Waals surface area contributed by atoms with Crippen LogP contribution < -0.4 is 0 Å². The van der Waals surface area contributed by atoms with Crippen LogP contribution in [0.5, 0.6) is 0 Å². The van der Waals surface area contributed by atoms with E-state index in [4.69, 9.17) is 5.11 Å². The number of rotatable bonds is 2. The van der Waals surface area contributed by atoms with Gasteiger partial charge in [0.25, 0.3) is 0 Å². The van der Waals surface area contributed by atoms with Gasteiger partial charge < -0.3 is 5.11 Å². The van der Waals surface area contributed by atoms with E-state index < -0.39 is 5.97 Å². The quantitative estimate of drug-likeness (QED) is 0.804. The predicted octanol–water partition coefficient (Wildman–Crippen LogP) is 2.15. The molecule has 1 unspecified atom stereocenters. The Bertz CT molecular complexity index is 387. The molecule has 0 saturated heterocycles. The Morgan fingerprint density at radius 3 is 3.07 bits per heavy atom. The van der Waals surface area contributed by atoms with Crippen molar-refractivity contribution in [2.45, 2.75) is 38.5 Å². The van der Waals surface area contributed by atoms with Crippen LogP contribution >= 0.6 is 0 Å². The molecule has 1 aliphatic rings. The average molecular weight is 205 g/mol. The zero-order chi connectivity index (χ0) is 10.8. The molecule has 2 rings (SSSR count). The van der Waals surface area contributed by atoms with Gasteiger partial charge in [-0.3, -0.25) is 9.78 Å². The van der Waals surface area contributed by atoms with Gasteiger partial charge in [0, 0.05) is 11.4 Å². The van der Waals surface area contributed by atoms with Crippen molar-refractivity contribution >= 4 is 5.97 Å². The van der Waals surface area contributed by atoms with Crippen LogP contribution in [0.2, 0.25) is 0 Å². The van der Waals surface area contributed by atoms with Gasteiger partial charge in [-0.15, -0.1) is 0 Å². The first-order chi connectivity index (χ1) is 7.22. The fraction of sp³-hybridized carbons (Fsp3) is 0.500. The summed E-state index contributed by atoms with van der Waals surface area (Å²) in [7, 11) is 0. The second-order valence-corrected chi connectivity index (χ2v) is 3.98. The molecule has 0 bridgehead atoms. The number of fused-ring (bicyclic) bond motifs is 1. The highest BCUT2D eigenvalue weighted by Gasteiger charge is 2.26. The number of carboxylic acids is 1. The third-order valence-electron chi connectivity index (χ3n) is 3.01. The van der Waals surface area contributed by atoms with E-state index in [0.717, 1.165) is 42.6 Å². The molecule has 1 atom stereocenters. The highest BCUT2D eigenvalue weighted by molar-refractivity contribution is 5.76. The summed E-state index contributed by atoms with van der Waals surface area (Å²) in [6, 6.07) is 3.89. The number of pyridine rings is 1. The third kappa shape index (κ3) is 1.87. The van der Waals surface area contributed by atoms with E-state index in [-0.39, 0.29) is 5.92 Å². The van der Waals surface area contributed by atoms with Gasteiger partial charge in [-0.05, 0) is 37.3 Å². The zero-order valence-electron chi connectivity index (χ0n) is 8.86. The molecule has 0 aromatic carbocycles. The Kier molecular flexibility index (Phi) is 2.71. The maximum absolute atomic E-state index is 11.0. The van der Waals surface area contributed by atoms with Crippen LogP contribution in [0.4, 0.5) is 0 Å². The molecule has 0 fully saturated rings. The molecule has 1 aromatic heterocycles. The van der Waals surface area contributed by atoms with Gasteiger partial charge in [0.2, 0.25) is 0 Å². The van der Waals surface area contributed by atoms with E-state index in [2.05, 4.69) is 11.9 Å². The van der Waals surface area contributed by atoms with Gasteiger partial charge >= 0.3 is 5.97 Å². The van der Waals surface area contributed by atoms with Crippen molar-refractivity contribution in [3.8, 4) is 0 Å². The molecule has 1 aliphatic carbocycles. The van der Waals surface area contributed by atoms with Crippen LogP contribution in [0, 0.1) is 0 Å². The summed E-state index contributed by atoms with van der Waals surface area (Å²) in [5.41, 5.74) is 2.97. The molecule has 3 nitrogen and oxygen atoms in total. The molecule has 0 saturated carbocycles. The Morgan fingerprint density at radius 2 is 2.40 bits per heavy atom. The second-order valence-electron chi connectivity index (χ2n) is 3.98. The molecule has 1 heterocycles. The minimum absolute atomic E-state index is 0.341. The monoisotopic (exact) mass is 205 g/mol. The minimum Gasteiger partial charge on any atom is -0.481 e. The molecular formula is C12H15NO2. The van der Waals surface area contributed by atoms with Crippen molar-refractivity contribution in [2.75, 3.05) is 0 Å². The van der Waals surface area contributed by atoms with Gasteiger partial charge in [-0.1, -0.05) is 13.0 Å². The summed E-state index contributed by atoms with van der Waals surface area (Å²) in [6.45, 7) is 2.06. The third-order valence-corrected chi connectivity index (χ3v) is 3.01. The minimum atomic E-state index is -0.720. The number of hydrogen-bond donors (Lipinski definition) is 1. The molecular weight excluding hydrogens is 190 g/mol. The summed E-state index contributed by atoms with van der Waals surface area (Å²) < 4.78 is 0. The van der Waals surface area contributed by atoms with E-state index in [1.807, 2.05) is 12.1 Å². The fourth-order valence-corrected chi connectivity index (χ4v) is 2.16. The number of hydrogen-bond acceptors (Lipinski definition) is 2. The number of nitrogens with zero attached hydrogens (tertiary/aromatic N) is 1. The van der Waals surface area contributed by atoms with E-state index in [1.165, 1.54) is 0 Å². The number of carboxylic acid groups (broad SMARTS) is 1. The molecule has 0 aliphatic heterocycles. The summed E-state index contributed by atoms with van der Waals surface area (Å²) in [5.74, 6) is -1.06. The van der Waals surface area contributed by atoms with E-state index in [1.54, 1.807) is 0 Å². The summed E-state index contributed by atoms with van der Waals surface area (Å²) in [5, 5.41) is 9.08. The summed E-state index contributed by atoms with van der Waals surface area (Å²) in [6.07, 6.45) is 3.51. The molecule has 15 heavy (non-hydrogen) atoms. The molecule has 1 N–H and O–H groups in total. The number of aromatic nitrogens is 1. The van der Waals surface area contributed by atoms with Gasteiger partial charge in [0.1, 0.15) is 0 Å². The number of aryl methyl sites for hydroxylation is 2. The number of aliphatic carboxylic acids is 1. The van der Waals surface area contributed by atoms with Crippen molar-refractivity contribution < 1.29 is 9.90 Å². The highest BCUT2D eigenvalue weighted by Crippen LogP contribution is 2.30. The van der Waals surface area contributed by atoms with Crippen LogP contribution in [0.3, 0.4) is 0 Å². The lowest BCUT2D eigenvalue weighted by Crippen LogP contribution is -2.19. The largest absolute Gasteiger partial charge is 0.481 e. The van der Waals surface area contributed by atoms with Crippen molar-refractivity contribution in [2.24, 2.45) is 0 Å². The lowest BCUT2D eigenvalue weighted by Gasteiger charge is -2.21. The molecule has 1 aromatic rings. The van der Waals surface area contributed by atoms with Crippen molar-refractivity contribution in [3.05, 3.63) is 29.1 Å². The first-order valence-electron chi connectivity index (χ1n) is 5.44. The molecule has 0 radical (unpaired) electrons. The average Bonchev–Trinajstić information content (AvgIpc) is 2.27. The first kappa shape index (κ1) is 10.1. The fourth-order valence-electron chi connectivity index (χ4n) is 2.16. The van der Waals surface area contributed by atoms with Crippen LogP contribution in [0.15, 0.2) is 12.1 Å². The highest BCUT2D eigenvalue weighted by atomic mass is 16.4.